The maximum atomic E-state index is 11.2. The van der Waals surface area contributed by atoms with E-state index < -0.39 is 0 Å². The van der Waals surface area contributed by atoms with Crippen LogP contribution in [-0.4, -0.2) is 11.8 Å². The third-order valence-electron chi connectivity index (χ3n) is 1.62. The van der Waals surface area contributed by atoms with Gasteiger partial charge in [-0.05, 0) is 5.92 Å². The van der Waals surface area contributed by atoms with Gasteiger partial charge in [-0.1, -0.05) is 48.0 Å². The van der Waals surface area contributed by atoms with Crippen LogP contribution < -0.4 is 5.73 Å². The molecule has 0 aliphatic heterocycles. The van der Waals surface area contributed by atoms with E-state index in [1.807, 2.05) is 27.7 Å². The van der Waals surface area contributed by atoms with Crippen LogP contribution in [0.5, 0.6) is 0 Å². The fourth-order valence-electron chi connectivity index (χ4n) is 0.713. The van der Waals surface area contributed by atoms with E-state index >= 15 is 0 Å². The molecule has 0 rings (SSSR count). The van der Waals surface area contributed by atoms with Crippen LogP contribution in [0.4, 0.5) is 0 Å². The highest BCUT2D eigenvalue weighted by Gasteiger charge is 2.19. The average molecular weight is 187 g/mol. The van der Waals surface area contributed by atoms with Gasteiger partial charge in [0.2, 0.25) is 0 Å². The lowest BCUT2D eigenvalue weighted by Gasteiger charge is -2.15. The Bertz CT molecular complexity index is 130. The molecule has 0 bridgehead atoms. The quantitative estimate of drug-likeness (QED) is 0.738. The van der Waals surface area contributed by atoms with E-state index in [1.165, 1.54) is 6.42 Å². The summed E-state index contributed by atoms with van der Waals surface area (Å²) in [5.74, 6) is 0.488. The van der Waals surface area contributed by atoms with Crippen LogP contribution in [0.25, 0.3) is 0 Å². The monoisotopic (exact) mass is 187 g/mol. The van der Waals surface area contributed by atoms with E-state index in [4.69, 9.17) is 5.73 Å². The van der Waals surface area contributed by atoms with E-state index in [1.54, 1.807) is 0 Å². The van der Waals surface area contributed by atoms with Crippen molar-refractivity contribution >= 4 is 5.78 Å². The summed E-state index contributed by atoms with van der Waals surface area (Å²) >= 11 is 0. The Morgan fingerprint density at radius 2 is 1.46 bits per heavy atom. The first-order chi connectivity index (χ1) is 5.88. The van der Waals surface area contributed by atoms with Gasteiger partial charge in [0.15, 0.2) is 5.78 Å². The van der Waals surface area contributed by atoms with Gasteiger partial charge in [-0.25, -0.2) is 0 Å². The Kier molecular flexibility index (Phi) is 9.58. The Labute approximate surface area is 82.9 Å². The highest BCUT2D eigenvalue weighted by Crippen LogP contribution is 2.05. The maximum Gasteiger partial charge on any atom is 0.152 e. The van der Waals surface area contributed by atoms with E-state index in [2.05, 4.69) is 13.8 Å². The van der Waals surface area contributed by atoms with Crippen LogP contribution in [-0.2, 0) is 4.79 Å². The molecule has 0 spiro atoms. The minimum Gasteiger partial charge on any atom is -0.321 e. The number of carbonyl (C=O) groups excluding carboxylic acids is 1. The third kappa shape index (κ3) is 7.97. The third-order valence-corrected chi connectivity index (χ3v) is 1.62. The van der Waals surface area contributed by atoms with Crippen molar-refractivity contribution in [2.45, 2.75) is 54.0 Å². The van der Waals surface area contributed by atoms with Crippen LogP contribution in [0, 0.1) is 11.8 Å². The normalized spacial score (nSPS) is 12.4. The Balaban J connectivity index is 0. The van der Waals surface area contributed by atoms with Crippen LogP contribution in [0.1, 0.15) is 48.0 Å². The van der Waals surface area contributed by atoms with Crippen molar-refractivity contribution in [2.75, 3.05) is 0 Å². The summed E-state index contributed by atoms with van der Waals surface area (Å²) in [7, 11) is 0. The lowest BCUT2D eigenvalue weighted by atomic mass is 9.94. The molecule has 0 aromatic carbocycles. The van der Waals surface area contributed by atoms with Crippen LogP contribution >= 0.6 is 0 Å². The van der Waals surface area contributed by atoms with Crippen molar-refractivity contribution in [1.29, 1.82) is 0 Å². The number of hydrogen-bond acceptors (Lipinski definition) is 2. The van der Waals surface area contributed by atoms with E-state index in [0.29, 0.717) is 0 Å². The van der Waals surface area contributed by atoms with Gasteiger partial charge < -0.3 is 5.73 Å². The molecular weight excluding hydrogens is 162 g/mol. The second-order valence-electron chi connectivity index (χ2n) is 4.03. The molecule has 2 heteroatoms. The highest BCUT2D eigenvalue weighted by molar-refractivity contribution is 5.85. The van der Waals surface area contributed by atoms with Crippen LogP contribution in [0.2, 0.25) is 0 Å². The molecule has 1 unspecified atom stereocenters. The zero-order chi connectivity index (χ0) is 11.0. The first kappa shape index (κ1) is 15.1. The van der Waals surface area contributed by atoms with Crippen LogP contribution in [0.15, 0.2) is 0 Å². The van der Waals surface area contributed by atoms with E-state index in [9.17, 15) is 4.79 Å². The molecule has 0 fully saturated rings. The molecule has 0 aliphatic rings. The minimum absolute atomic E-state index is 0.0670. The van der Waals surface area contributed by atoms with Gasteiger partial charge in [-0.3, -0.25) is 4.79 Å². The first-order valence-corrected chi connectivity index (χ1v) is 5.17. The average Bonchev–Trinajstić information content (AvgIpc) is 2.03. The van der Waals surface area contributed by atoms with Crippen molar-refractivity contribution < 1.29 is 4.79 Å². The molecule has 2 nitrogen and oxygen atoms in total. The van der Waals surface area contributed by atoms with Crippen molar-refractivity contribution in [3.63, 3.8) is 0 Å². The molecule has 0 saturated carbocycles. The van der Waals surface area contributed by atoms with Gasteiger partial charge in [0, 0.05) is 5.92 Å². The summed E-state index contributed by atoms with van der Waals surface area (Å²) in [6.45, 7) is 11.9. The molecule has 80 valence electrons. The van der Waals surface area contributed by atoms with E-state index in [-0.39, 0.29) is 23.7 Å². The zero-order valence-electron chi connectivity index (χ0n) is 9.92. The SMILES string of the molecule is CC(C)C(=O)C(N)C(C)C.CCC. The molecular formula is C11H25NO. The minimum atomic E-state index is -0.278. The standard InChI is InChI=1S/C8H17NO.C3H8/c1-5(2)7(9)8(10)6(3)4;1-3-2/h5-7H,9H2,1-4H3;3H2,1-2H3. The highest BCUT2D eigenvalue weighted by atomic mass is 16.1. The molecule has 0 aliphatic carbocycles. The molecule has 0 aromatic heterocycles. The second-order valence-corrected chi connectivity index (χ2v) is 4.03. The molecule has 0 amide bonds. The van der Waals surface area contributed by atoms with Crippen molar-refractivity contribution in [2.24, 2.45) is 17.6 Å². The molecule has 0 saturated heterocycles. The van der Waals surface area contributed by atoms with Crippen molar-refractivity contribution in [3.05, 3.63) is 0 Å². The summed E-state index contributed by atoms with van der Waals surface area (Å²) < 4.78 is 0. The number of rotatable bonds is 3. The molecule has 0 heterocycles. The van der Waals surface area contributed by atoms with Gasteiger partial charge in [0.1, 0.15) is 0 Å². The Morgan fingerprint density at radius 3 is 1.54 bits per heavy atom. The summed E-state index contributed by atoms with van der Waals surface area (Å²) in [6.07, 6.45) is 1.25. The number of carbonyl (C=O) groups is 1. The second kappa shape index (κ2) is 8.24. The first-order valence-electron chi connectivity index (χ1n) is 5.17. The summed E-state index contributed by atoms with van der Waals surface area (Å²) in [5, 5.41) is 0. The van der Waals surface area contributed by atoms with Crippen LogP contribution in [0.3, 0.4) is 0 Å². The fraction of sp³-hybridized carbons (Fsp3) is 0.909. The lowest BCUT2D eigenvalue weighted by Crippen LogP contribution is -2.38. The molecule has 1 atom stereocenters. The van der Waals surface area contributed by atoms with Gasteiger partial charge >= 0.3 is 0 Å². The smallest absolute Gasteiger partial charge is 0.152 e. The number of nitrogens with two attached hydrogens (primary N) is 1. The number of hydrogen-bond donors (Lipinski definition) is 1. The summed E-state index contributed by atoms with van der Waals surface area (Å²) in [4.78, 5) is 11.2. The number of ketones is 1. The van der Waals surface area contributed by atoms with E-state index in [0.717, 1.165) is 0 Å². The van der Waals surface area contributed by atoms with Gasteiger partial charge in [-0.15, -0.1) is 0 Å². The van der Waals surface area contributed by atoms with Gasteiger partial charge in [-0.2, -0.15) is 0 Å². The predicted octanol–water partition coefficient (Wildman–Crippen LogP) is 2.61. The summed E-state index contributed by atoms with van der Waals surface area (Å²) in [5.41, 5.74) is 5.61. The summed E-state index contributed by atoms with van der Waals surface area (Å²) in [6, 6.07) is -0.278. The van der Waals surface area contributed by atoms with Crippen molar-refractivity contribution in [1.82, 2.24) is 0 Å². The van der Waals surface area contributed by atoms with Gasteiger partial charge in [0.05, 0.1) is 6.04 Å². The Hall–Kier alpha value is -0.370. The number of Topliss-reactive ketones (excluding diaryl/α,β-unsaturated/α-hetero) is 1. The topological polar surface area (TPSA) is 43.1 Å². The molecule has 13 heavy (non-hydrogen) atoms. The maximum absolute atomic E-state index is 11.2. The Morgan fingerprint density at radius 1 is 1.15 bits per heavy atom. The molecule has 0 aromatic rings. The van der Waals surface area contributed by atoms with Gasteiger partial charge in [0.25, 0.3) is 0 Å². The van der Waals surface area contributed by atoms with Crippen molar-refractivity contribution in [3.8, 4) is 0 Å². The molecule has 2 N–H and O–H groups in total. The zero-order valence-corrected chi connectivity index (χ0v) is 9.92. The predicted molar refractivity (Wildman–Crippen MR) is 58.6 cm³/mol. The largest absolute Gasteiger partial charge is 0.321 e. The molecule has 0 radical (unpaired) electrons. The lowest BCUT2D eigenvalue weighted by molar-refractivity contribution is -0.124. The fourth-order valence-corrected chi connectivity index (χ4v) is 0.713.